The van der Waals surface area contributed by atoms with Gasteiger partial charge < -0.3 is 24.5 Å². The molecule has 3 amide bonds. The van der Waals surface area contributed by atoms with Crippen LogP contribution < -0.4 is 24.6 Å². The van der Waals surface area contributed by atoms with Crippen LogP contribution in [0, 0.1) is 29.6 Å². The van der Waals surface area contributed by atoms with Crippen LogP contribution in [0.3, 0.4) is 0 Å². The van der Waals surface area contributed by atoms with E-state index in [1.165, 1.54) is 16.2 Å². The number of nitrogens with one attached hydrogen (secondary N) is 2. The van der Waals surface area contributed by atoms with Gasteiger partial charge in [-0.3, -0.25) is 24.1 Å². The molecular weight excluding hydrogens is 727 g/mol. The van der Waals surface area contributed by atoms with Crippen molar-refractivity contribution in [1.82, 2.24) is 4.98 Å². The fourth-order valence-corrected chi connectivity index (χ4v) is 12.1. The molecule has 3 heterocycles. The number of carbonyl (C=O) groups is 4. The zero-order valence-corrected chi connectivity index (χ0v) is 30.9. The highest BCUT2D eigenvalue weighted by Gasteiger charge is 2.69. The summed E-state index contributed by atoms with van der Waals surface area (Å²) in [6.07, 6.45) is 0.741. The van der Waals surface area contributed by atoms with Crippen molar-refractivity contribution in [2.45, 2.75) is 29.5 Å². The maximum absolute atomic E-state index is 14.2. The van der Waals surface area contributed by atoms with Crippen LogP contribution in [-0.4, -0.2) is 54.2 Å². The predicted octanol–water partition coefficient (Wildman–Crippen LogP) is 6.47. The smallest absolute Gasteiger partial charge is 0.338 e. The average Bonchev–Trinajstić information content (AvgIpc) is 3.92. The molecule has 0 spiro atoms. The molecule has 2 bridgehead atoms. The number of hydrogen-bond acceptors (Lipinski definition) is 10. The molecule has 2 saturated carbocycles. The molecule has 3 fully saturated rings. The molecule has 4 aliphatic rings. The molecule has 1 aromatic heterocycles. The Bertz CT molecular complexity index is 2410. The lowest BCUT2D eigenvalue weighted by molar-refractivity contribution is -0.123. The normalized spacial score (nSPS) is 24.9. The molecule has 274 valence electrons. The van der Waals surface area contributed by atoms with E-state index >= 15 is 0 Å². The highest BCUT2D eigenvalue weighted by atomic mass is 32.2. The van der Waals surface area contributed by atoms with E-state index in [9.17, 15) is 24.0 Å². The molecule has 54 heavy (non-hydrogen) atoms. The van der Waals surface area contributed by atoms with E-state index in [4.69, 9.17) is 14.2 Å². The molecule has 4 aromatic carbocycles. The van der Waals surface area contributed by atoms with E-state index < -0.39 is 17.8 Å². The Morgan fingerprint density at radius 3 is 2.41 bits per heavy atom. The first-order valence-electron chi connectivity index (χ1n) is 17.9. The standard InChI is InChI=1S/C41H35N3O8S2/c1-3-51-40(48)21-9-13-25(14-10-21)44-38(46)33-26-18-27(34(33)39(44)47)35-32(26)31(36-37(53-35)43-41(49)54-36)23-11-15-28(29(17-23)50-2)52-19-30(45)42-24-12-8-20-6-4-5-7-22(20)16-24/h4-17,26-27,31-35H,3,18-19H2,1-2H3,(H,42,45)(H,43,49)/t26?,27?,31-,32?,33?,34?,35?/m1/s1. The topological polar surface area (TPSA) is 144 Å². The molecule has 2 N–H and O–H groups in total. The summed E-state index contributed by atoms with van der Waals surface area (Å²) < 4.78 is 16.8. The number of imide groups is 1. The van der Waals surface area contributed by atoms with Crippen molar-refractivity contribution in [2.24, 2.45) is 29.6 Å². The second kappa shape index (κ2) is 13.5. The number of aromatic amines is 1. The first kappa shape index (κ1) is 34.4. The second-order valence-electron chi connectivity index (χ2n) is 14.0. The number of thiazole rings is 1. The van der Waals surface area contributed by atoms with Gasteiger partial charge in [-0.25, -0.2) is 4.79 Å². The van der Waals surface area contributed by atoms with Crippen molar-refractivity contribution in [2.75, 3.05) is 30.5 Å². The minimum atomic E-state index is -0.487. The monoisotopic (exact) mass is 761 g/mol. The van der Waals surface area contributed by atoms with Crippen LogP contribution >= 0.6 is 23.1 Å². The number of fused-ring (bicyclic) bond motifs is 10. The van der Waals surface area contributed by atoms with E-state index in [0.717, 1.165) is 32.7 Å². The molecule has 2 aliphatic carbocycles. The maximum Gasteiger partial charge on any atom is 0.338 e. The number of ether oxygens (including phenoxy) is 3. The third-order valence-corrected chi connectivity index (χ3v) is 13.9. The van der Waals surface area contributed by atoms with Crippen molar-refractivity contribution < 1.29 is 33.4 Å². The van der Waals surface area contributed by atoms with E-state index in [-0.39, 0.29) is 64.7 Å². The number of carbonyl (C=O) groups excluding carboxylic acids is 4. The second-order valence-corrected chi connectivity index (χ2v) is 16.3. The van der Waals surface area contributed by atoms with Gasteiger partial charge in [-0.05, 0) is 96.0 Å². The molecule has 7 atom stereocenters. The Morgan fingerprint density at radius 2 is 1.65 bits per heavy atom. The molecule has 1 saturated heterocycles. The number of rotatable bonds is 9. The Kier molecular flexibility index (Phi) is 8.57. The fourth-order valence-electron chi connectivity index (χ4n) is 9.21. The Morgan fingerprint density at radius 1 is 0.889 bits per heavy atom. The van der Waals surface area contributed by atoms with Gasteiger partial charge in [0.05, 0.1) is 41.8 Å². The zero-order chi connectivity index (χ0) is 37.2. The summed E-state index contributed by atoms with van der Waals surface area (Å²) in [6, 6.07) is 25.7. The lowest BCUT2D eigenvalue weighted by atomic mass is 9.68. The van der Waals surface area contributed by atoms with Crippen LogP contribution in [0.5, 0.6) is 11.5 Å². The van der Waals surface area contributed by atoms with Crippen molar-refractivity contribution >= 4 is 68.9 Å². The van der Waals surface area contributed by atoms with Crippen molar-refractivity contribution in [1.29, 1.82) is 0 Å². The number of hydrogen-bond donors (Lipinski definition) is 2. The summed E-state index contributed by atoms with van der Waals surface area (Å²) >= 11 is 2.79. The van der Waals surface area contributed by atoms with Gasteiger partial charge in [0.15, 0.2) is 18.1 Å². The fraction of sp³-hybridized carbons (Fsp3) is 0.293. The molecule has 6 unspecified atom stereocenters. The van der Waals surface area contributed by atoms with Crippen LogP contribution in [0.4, 0.5) is 11.4 Å². The van der Waals surface area contributed by atoms with E-state index in [1.807, 2.05) is 54.6 Å². The van der Waals surface area contributed by atoms with Gasteiger partial charge in [0.1, 0.15) is 0 Å². The van der Waals surface area contributed by atoms with Crippen molar-refractivity contribution in [3.63, 3.8) is 0 Å². The van der Waals surface area contributed by atoms with Crippen LogP contribution in [0.1, 0.15) is 40.1 Å². The van der Waals surface area contributed by atoms with Gasteiger partial charge in [-0.2, -0.15) is 0 Å². The third kappa shape index (κ3) is 5.60. The highest BCUT2D eigenvalue weighted by molar-refractivity contribution is 8.00. The average molecular weight is 762 g/mol. The molecule has 13 heteroatoms. The van der Waals surface area contributed by atoms with Crippen molar-refractivity contribution in [3.8, 4) is 11.5 Å². The first-order valence-corrected chi connectivity index (χ1v) is 19.6. The molecule has 2 aliphatic heterocycles. The van der Waals surface area contributed by atoms with Gasteiger partial charge in [-0.15, -0.1) is 11.8 Å². The Labute approximate surface area is 318 Å². The lowest BCUT2D eigenvalue weighted by Gasteiger charge is -2.43. The van der Waals surface area contributed by atoms with E-state index in [0.29, 0.717) is 28.4 Å². The van der Waals surface area contributed by atoms with Gasteiger partial charge in [-0.1, -0.05) is 47.7 Å². The Hall–Kier alpha value is -5.40. The van der Waals surface area contributed by atoms with Crippen LogP contribution in [0.25, 0.3) is 10.8 Å². The third-order valence-electron chi connectivity index (χ3n) is 11.3. The number of benzene rings is 4. The quantitative estimate of drug-likeness (QED) is 0.128. The minimum absolute atomic E-state index is 0.00242. The van der Waals surface area contributed by atoms with Crippen LogP contribution in [0.15, 0.2) is 94.7 Å². The first-order chi connectivity index (χ1) is 26.2. The van der Waals surface area contributed by atoms with Gasteiger partial charge in [0.2, 0.25) is 11.8 Å². The van der Waals surface area contributed by atoms with Gasteiger partial charge in [0, 0.05) is 21.7 Å². The molecule has 9 rings (SSSR count). The largest absolute Gasteiger partial charge is 0.493 e. The number of aromatic nitrogens is 1. The van der Waals surface area contributed by atoms with Crippen molar-refractivity contribution in [3.05, 3.63) is 111 Å². The summed E-state index contributed by atoms with van der Waals surface area (Å²) in [4.78, 5) is 71.3. The number of H-pyrrole nitrogens is 1. The summed E-state index contributed by atoms with van der Waals surface area (Å²) in [6.45, 7) is 1.74. The number of nitrogens with zero attached hydrogens (tertiary/aromatic N) is 1. The number of esters is 1. The maximum atomic E-state index is 14.2. The lowest BCUT2D eigenvalue weighted by Crippen LogP contribution is -2.42. The van der Waals surface area contributed by atoms with Gasteiger partial charge >= 0.3 is 10.8 Å². The summed E-state index contributed by atoms with van der Waals surface area (Å²) in [5, 5.41) is 5.79. The van der Waals surface area contributed by atoms with E-state index in [2.05, 4.69) is 10.3 Å². The SMILES string of the molecule is CCOC(=O)c1ccc(N2C(=O)C3C4CC(C3C2=O)C2C4Sc3[nH]c(=O)sc3[C@@H]2c2ccc(OCC(=O)Nc3ccc4ccccc4c3)c(OC)c2)cc1. The van der Waals surface area contributed by atoms with Crippen LogP contribution in [-0.2, 0) is 19.1 Å². The van der Waals surface area contributed by atoms with E-state index in [1.54, 1.807) is 56.1 Å². The summed E-state index contributed by atoms with van der Waals surface area (Å²) in [7, 11) is 1.54. The van der Waals surface area contributed by atoms with Gasteiger partial charge in [0.25, 0.3) is 5.91 Å². The molecule has 11 nitrogen and oxygen atoms in total. The molecule has 0 radical (unpaired) electrons. The predicted molar refractivity (Wildman–Crippen MR) is 204 cm³/mol. The molecule has 5 aromatic rings. The number of anilines is 2. The number of amides is 3. The number of methoxy groups -OCH3 is 1. The highest BCUT2D eigenvalue weighted by Crippen LogP contribution is 2.68. The Balaban J connectivity index is 0.972. The summed E-state index contributed by atoms with van der Waals surface area (Å²) in [5.74, 6) is -1.72. The van der Waals surface area contributed by atoms with Crippen LogP contribution in [0.2, 0.25) is 0 Å². The summed E-state index contributed by atoms with van der Waals surface area (Å²) in [5.41, 5.74) is 2.36. The zero-order valence-electron chi connectivity index (χ0n) is 29.3. The minimum Gasteiger partial charge on any atom is -0.493 e. The number of thioether (sulfide) groups is 1. The molecular formula is C41H35N3O8S2.